The van der Waals surface area contributed by atoms with E-state index in [2.05, 4.69) is 34.6 Å². The second-order valence-corrected chi connectivity index (χ2v) is 19.6. The summed E-state index contributed by atoms with van der Waals surface area (Å²) < 4.78 is 37.3. The number of aliphatic hydroxyl groups is 8. The summed E-state index contributed by atoms with van der Waals surface area (Å²) in [6.07, 6.45) is -10.8. The van der Waals surface area contributed by atoms with E-state index in [0.717, 1.165) is 51.6 Å². The van der Waals surface area contributed by atoms with Crippen molar-refractivity contribution in [1.29, 1.82) is 0 Å². The molecule has 4 aliphatic heterocycles. The van der Waals surface area contributed by atoms with Crippen molar-refractivity contribution in [1.82, 2.24) is 0 Å². The maximum atomic E-state index is 12.3. The fraction of sp³-hybridized carbons (Fsp3) is 1.00. The minimum Gasteiger partial charge on any atom is -0.394 e. The molecule has 0 aromatic rings. The van der Waals surface area contributed by atoms with Crippen LogP contribution < -0.4 is 0 Å². The van der Waals surface area contributed by atoms with Crippen LogP contribution in [-0.4, -0.2) is 146 Å². The third-order valence-corrected chi connectivity index (χ3v) is 17.0. The molecule has 24 atom stereocenters. The van der Waals surface area contributed by atoms with Crippen LogP contribution in [0.25, 0.3) is 0 Å². The number of ether oxygens (including phenoxy) is 6. The SMILES string of the molecule is C[C@H]1CC[C@@]2(OC1)O[C@H]1C[C@H]3[C@@H]4CC[C@@]5(C)C[C@@H](O[C@@H]6O[C@H](CO)[C@H](O)[C@H](O)[C@H]6O[C@@H]6O[C@@H](C)[C@H](O)[C@@H](O)[C@H]6O)[C@H](O)[C@@H](O)[C@]5(C)[C@H]4CC[C@]3(C)[C@H]1[C@@H]2C. The molecule has 0 amide bonds. The number of hydrogen-bond acceptors (Lipinski definition) is 14. The summed E-state index contributed by atoms with van der Waals surface area (Å²) in [4.78, 5) is 0. The molecule has 310 valence electrons. The third-order valence-electron chi connectivity index (χ3n) is 17.0. The first-order valence-corrected chi connectivity index (χ1v) is 20.7. The largest absolute Gasteiger partial charge is 0.394 e. The Hall–Kier alpha value is -0.560. The van der Waals surface area contributed by atoms with E-state index in [-0.39, 0.29) is 17.4 Å². The second kappa shape index (κ2) is 14.0. The highest BCUT2D eigenvalue weighted by atomic mass is 16.8. The van der Waals surface area contributed by atoms with Gasteiger partial charge in [0, 0.05) is 17.8 Å². The van der Waals surface area contributed by atoms with E-state index in [1.165, 1.54) is 6.92 Å². The Balaban J connectivity index is 1.01. The lowest BCUT2D eigenvalue weighted by molar-refractivity contribution is -0.378. The van der Waals surface area contributed by atoms with E-state index in [0.29, 0.717) is 36.0 Å². The minimum absolute atomic E-state index is 0.0959. The van der Waals surface area contributed by atoms with E-state index in [1.807, 2.05) is 0 Å². The van der Waals surface area contributed by atoms with Gasteiger partial charge in [-0.2, -0.15) is 0 Å². The van der Waals surface area contributed by atoms with Crippen molar-refractivity contribution in [2.45, 2.75) is 185 Å². The van der Waals surface area contributed by atoms with Gasteiger partial charge in [-0.15, -0.1) is 0 Å². The molecule has 8 fully saturated rings. The van der Waals surface area contributed by atoms with Gasteiger partial charge in [-0.25, -0.2) is 0 Å². The summed E-state index contributed by atoms with van der Waals surface area (Å²) in [6, 6.07) is 0. The van der Waals surface area contributed by atoms with Gasteiger partial charge in [-0.05, 0) is 92.3 Å². The maximum absolute atomic E-state index is 12.3. The Morgan fingerprint density at radius 3 is 2.15 bits per heavy atom. The zero-order valence-electron chi connectivity index (χ0n) is 32.6. The predicted molar refractivity (Wildman–Crippen MR) is 189 cm³/mol. The molecule has 54 heavy (non-hydrogen) atoms. The van der Waals surface area contributed by atoms with Gasteiger partial charge < -0.3 is 69.3 Å². The second-order valence-electron chi connectivity index (χ2n) is 19.6. The van der Waals surface area contributed by atoms with Crippen molar-refractivity contribution < 1.29 is 69.3 Å². The average molecular weight is 771 g/mol. The molecule has 8 N–H and O–H groups in total. The Bertz CT molecular complexity index is 1360. The summed E-state index contributed by atoms with van der Waals surface area (Å²) in [6.45, 7) is 13.0. The van der Waals surface area contributed by atoms with E-state index >= 15 is 0 Å². The molecule has 8 rings (SSSR count). The van der Waals surface area contributed by atoms with Gasteiger partial charge in [-0.1, -0.05) is 34.6 Å². The molecular weight excluding hydrogens is 704 g/mol. The lowest BCUT2D eigenvalue weighted by Gasteiger charge is -2.67. The first kappa shape index (κ1) is 40.2. The molecule has 0 bridgehead atoms. The van der Waals surface area contributed by atoms with Gasteiger partial charge in [0.25, 0.3) is 0 Å². The van der Waals surface area contributed by atoms with Gasteiger partial charge in [-0.3, -0.25) is 0 Å². The van der Waals surface area contributed by atoms with Gasteiger partial charge >= 0.3 is 0 Å². The smallest absolute Gasteiger partial charge is 0.187 e. The van der Waals surface area contributed by atoms with Crippen LogP contribution in [0.3, 0.4) is 0 Å². The monoisotopic (exact) mass is 770 g/mol. The van der Waals surface area contributed by atoms with Crippen LogP contribution in [-0.2, 0) is 28.4 Å². The number of fused-ring (bicyclic) bond motifs is 7. The topological polar surface area (TPSA) is 217 Å². The number of hydrogen-bond donors (Lipinski definition) is 8. The van der Waals surface area contributed by atoms with Crippen LogP contribution in [0.5, 0.6) is 0 Å². The van der Waals surface area contributed by atoms with Crippen LogP contribution >= 0.6 is 0 Å². The predicted octanol–water partition coefficient (Wildman–Crippen LogP) is 0.802. The Labute approximate surface area is 318 Å². The fourth-order valence-corrected chi connectivity index (χ4v) is 13.6. The highest BCUT2D eigenvalue weighted by Crippen LogP contribution is 2.73. The summed E-state index contributed by atoms with van der Waals surface area (Å²) in [5.41, 5.74) is -0.985. The van der Waals surface area contributed by atoms with Crippen LogP contribution in [0, 0.1) is 51.8 Å². The molecule has 14 nitrogen and oxygen atoms in total. The van der Waals surface area contributed by atoms with Crippen LogP contribution in [0.15, 0.2) is 0 Å². The van der Waals surface area contributed by atoms with Gasteiger partial charge in [0.2, 0.25) is 0 Å². The normalized spacial score (nSPS) is 61.4. The molecule has 14 heteroatoms. The molecule has 0 radical (unpaired) electrons. The minimum atomic E-state index is -1.70. The summed E-state index contributed by atoms with van der Waals surface area (Å²) >= 11 is 0. The number of rotatable bonds is 5. The van der Waals surface area contributed by atoms with Crippen molar-refractivity contribution in [3.63, 3.8) is 0 Å². The number of aliphatic hydroxyl groups excluding tert-OH is 8. The fourth-order valence-electron chi connectivity index (χ4n) is 13.6. The molecule has 4 heterocycles. The molecular formula is C40H66O14. The van der Waals surface area contributed by atoms with E-state index < -0.39 is 103 Å². The third kappa shape index (κ3) is 5.78. The Morgan fingerprint density at radius 1 is 0.722 bits per heavy atom. The summed E-state index contributed by atoms with van der Waals surface area (Å²) in [5, 5.41) is 87.4. The molecule has 0 aromatic carbocycles. The van der Waals surface area contributed by atoms with Crippen molar-refractivity contribution >= 4 is 0 Å². The summed E-state index contributed by atoms with van der Waals surface area (Å²) in [5.74, 6) is 1.75. The van der Waals surface area contributed by atoms with Crippen molar-refractivity contribution in [3.05, 3.63) is 0 Å². The van der Waals surface area contributed by atoms with Crippen LogP contribution in [0.1, 0.15) is 92.9 Å². The van der Waals surface area contributed by atoms with E-state index in [9.17, 15) is 40.9 Å². The highest BCUT2D eigenvalue weighted by Gasteiger charge is 2.72. The highest BCUT2D eigenvalue weighted by molar-refractivity contribution is 5.19. The van der Waals surface area contributed by atoms with E-state index in [4.69, 9.17) is 28.4 Å². The Morgan fingerprint density at radius 2 is 1.46 bits per heavy atom. The maximum Gasteiger partial charge on any atom is 0.187 e. The van der Waals surface area contributed by atoms with Gasteiger partial charge in [0.1, 0.15) is 48.8 Å². The van der Waals surface area contributed by atoms with Crippen molar-refractivity contribution in [2.24, 2.45) is 51.8 Å². The van der Waals surface area contributed by atoms with Crippen LogP contribution in [0.2, 0.25) is 0 Å². The van der Waals surface area contributed by atoms with E-state index in [1.54, 1.807) is 0 Å². The average Bonchev–Trinajstić information content (AvgIpc) is 3.59. The molecule has 1 spiro atoms. The molecule has 4 saturated heterocycles. The molecule has 4 saturated carbocycles. The first-order valence-electron chi connectivity index (χ1n) is 20.7. The molecule has 0 aromatic heterocycles. The standard InChI is InChI=1S/C40H66O14/c1-17-7-12-40(49-16-17)18(2)26-23(54-40)13-22-20-8-10-37(4)14-24(29(44)34(48)39(37,6)21(20)9-11-38(22,26)5)51-36-33(31(46)28(43)25(15-41)52-36)53-35-32(47)30(45)27(42)19(3)50-35/h17-36,41-48H,7-16H2,1-6H3/t17-,18-,19-,20+,21-,22-,23-,24+,25+,26-,27-,28-,29-,30+,31-,32+,33+,34+,35-,36+,37-,38-,39-,40+/m0/s1. The lowest BCUT2D eigenvalue weighted by Crippen LogP contribution is -2.69. The quantitative estimate of drug-likeness (QED) is 0.182. The Kier molecular flexibility index (Phi) is 10.5. The lowest BCUT2D eigenvalue weighted by atomic mass is 9.39. The van der Waals surface area contributed by atoms with Crippen molar-refractivity contribution in [2.75, 3.05) is 13.2 Å². The molecule has 8 aliphatic rings. The van der Waals surface area contributed by atoms with Crippen LogP contribution in [0.4, 0.5) is 0 Å². The zero-order chi connectivity index (χ0) is 38.9. The molecule has 0 unspecified atom stereocenters. The van der Waals surface area contributed by atoms with Crippen molar-refractivity contribution in [3.8, 4) is 0 Å². The summed E-state index contributed by atoms with van der Waals surface area (Å²) in [7, 11) is 0. The zero-order valence-corrected chi connectivity index (χ0v) is 32.6. The van der Waals surface area contributed by atoms with Gasteiger partial charge in [0.05, 0.1) is 37.6 Å². The first-order chi connectivity index (χ1) is 25.4. The molecule has 4 aliphatic carbocycles. The van der Waals surface area contributed by atoms with Gasteiger partial charge in [0.15, 0.2) is 18.4 Å².